The van der Waals surface area contributed by atoms with Crippen molar-refractivity contribution < 1.29 is 44.4 Å². The molecule has 0 spiro atoms. The first-order valence-electron chi connectivity index (χ1n) is 9.74. The summed E-state index contributed by atoms with van der Waals surface area (Å²) in [5, 5.41) is 35.5. The smallest absolute Gasteiger partial charge is 0.320 e. The lowest BCUT2D eigenvalue weighted by molar-refractivity contribution is -0.140. The van der Waals surface area contributed by atoms with Crippen LogP contribution in [0.5, 0.6) is 0 Å². The number of carboxylic acid groups (broad SMARTS) is 4. The van der Waals surface area contributed by atoms with Crippen LogP contribution in [0.4, 0.5) is 0 Å². The Morgan fingerprint density at radius 3 is 1.53 bits per heavy atom. The molecule has 0 aromatic rings. The van der Waals surface area contributed by atoms with E-state index < -0.39 is 47.9 Å². The van der Waals surface area contributed by atoms with Crippen molar-refractivity contribution in [1.29, 1.82) is 0 Å². The lowest BCUT2D eigenvalue weighted by Gasteiger charge is -2.07. The van der Waals surface area contributed by atoms with E-state index >= 15 is 0 Å². The average molecular weight is 468 g/mol. The van der Waals surface area contributed by atoms with Gasteiger partial charge in [0.25, 0.3) is 0 Å². The number of rotatable bonds is 8. The number of aliphatic carboxylic acids is 4. The Balaban J connectivity index is -0.000000356. The van der Waals surface area contributed by atoms with Gasteiger partial charge >= 0.3 is 23.9 Å². The van der Waals surface area contributed by atoms with E-state index in [1.165, 1.54) is 6.92 Å². The number of hydrogen-bond acceptors (Lipinski definition) is 9. The highest BCUT2D eigenvalue weighted by Crippen LogP contribution is 2.03. The SMILES string of the molecule is CC(C)[C@H](N)C(=O)O.C[C@H](N)C(=O)O.NC(=O)CC[C@H](N)C(=O)O.O=C(O)[C@@H]1CCCN1. The standard InChI is InChI=1S/C5H10N2O3.C5H9NO2.C5H11NO2.C3H7NO2/c6-3(5(9)10)1-2-4(7)8;7-5(8)4-2-1-3-6-4;1-3(2)4(6)5(7)8;1-2(4)3(5)6/h3H,1-2,6H2,(H2,7,8)(H,9,10);4,6H,1-3H2,(H,7,8);3-4H,6H2,1-2H3,(H,7,8);2H,4H2,1H3,(H,5,6)/t3-;2*4-;2-/m0000/s1. The zero-order chi connectivity index (χ0) is 26.0. The molecule has 1 fully saturated rings. The lowest BCUT2D eigenvalue weighted by Crippen LogP contribution is -2.34. The largest absolute Gasteiger partial charge is 0.480 e. The molecule has 0 unspecified atom stereocenters. The fourth-order valence-corrected chi connectivity index (χ4v) is 1.60. The van der Waals surface area contributed by atoms with Crippen molar-refractivity contribution in [3.8, 4) is 0 Å². The molecular formula is C18H37N5O9. The molecule has 0 aliphatic carbocycles. The molecule has 4 atom stereocenters. The van der Waals surface area contributed by atoms with Crippen LogP contribution in [-0.4, -0.2) is 80.9 Å². The predicted molar refractivity (Wildman–Crippen MR) is 114 cm³/mol. The van der Waals surface area contributed by atoms with Gasteiger partial charge < -0.3 is 48.7 Å². The first kappa shape index (κ1) is 33.8. The van der Waals surface area contributed by atoms with E-state index in [9.17, 15) is 24.0 Å². The van der Waals surface area contributed by atoms with Gasteiger partial charge in [0, 0.05) is 6.42 Å². The molecule has 14 nitrogen and oxygen atoms in total. The van der Waals surface area contributed by atoms with E-state index in [-0.39, 0.29) is 24.8 Å². The molecule has 0 saturated carbocycles. The topological polar surface area (TPSA) is 282 Å². The Morgan fingerprint density at radius 1 is 0.906 bits per heavy atom. The van der Waals surface area contributed by atoms with Crippen molar-refractivity contribution in [1.82, 2.24) is 5.32 Å². The molecule has 0 aromatic heterocycles. The fraction of sp³-hybridized carbons (Fsp3) is 0.722. The molecule has 188 valence electrons. The second-order valence-electron chi connectivity index (χ2n) is 7.17. The van der Waals surface area contributed by atoms with Crippen LogP contribution in [0.15, 0.2) is 0 Å². The summed E-state index contributed by atoms with van der Waals surface area (Å²) in [5.41, 5.74) is 19.8. The Morgan fingerprint density at radius 2 is 1.38 bits per heavy atom. The van der Waals surface area contributed by atoms with Gasteiger partial charge in [-0.1, -0.05) is 13.8 Å². The highest BCUT2D eigenvalue weighted by Gasteiger charge is 2.20. The molecule has 1 rings (SSSR count). The van der Waals surface area contributed by atoms with Crippen molar-refractivity contribution >= 4 is 29.8 Å². The number of nitrogens with two attached hydrogens (primary N) is 4. The first-order valence-corrected chi connectivity index (χ1v) is 9.74. The van der Waals surface area contributed by atoms with Crippen LogP contribution >= 0.6 is 0 Å². The van der Waals surface area contributed by atoms with Crippen molar-refractivity contribution in [2.45, 2.75) is 70.6 Å². The molecule has 1 heterocycles. The van der Waals surface area contributed by atoms with Crippen LogP contribution in [0.1, 0.15) is 46.5 Å². The second kappa shape index (κ2) is 18.9. The molecule has 1 amide bonds. The third kappa shape index (κ3) is 21.9. The summed E-state index contributed by atoms with van der Waals surface area (Å²) in [6, 6.07) is -2.69. The number of amides is 1. The van der Waals surface area contributed by atoms with E-state index in [1.54, 1.807) is 13.8 Å². The summed E-state index contributed by atoms with van der Waals surface area (Å²) < 4.78 is 0. The van der Waals surface area contributed by atoms with Gasteiger partial charge in [-0.2, -0.15) is 0 Å². The van der Waals surface area contributed by atoms with E-state index in [2.05, 4.69) is 5.32 Å². The van der Waals surface area contributed by atoms with E-state index in [0.29, 0.717) is 0 Å². The third-order valence-corrected chi connectivity index (χ3v) is 3.77. The summed E-state index contributed by atoms with van der Waals surface area (Å²) in [7, 11) is 0. The molecule has 32 heavy (non-hydrogen) atoms. The van der Waals surface area contributed by atoms with Crippen LogP contribution in [0.25, 0.3) is 0 Å². The Kier molecular flexibility index (Phi) is 20.0. The van der Waals surface area contributed by atoms with Gasteiger partial charge in [-0.25, -0.2) is 0 Å². The Labute approximate surface area is 186 Å². The van der Waals surface area contributed by atoms with Crippen LogP contribution in [0.2, 0.25) is 0 Å². The van der Waals surface area contributed by atoms with Gasteiger partial charge in [0.15, 0.2) is 0 Å². The second-order valence-corrected chi connectivity index (χ2v) is 7.17. The van der Waals surface area contributed by atoms with E-state index in [1.807, 2.05) is 0 Å². The molecule has 0 aromatic carbocycles. The minimum absolute atomic E-state index is 0.0208. The van der Waals surface area contributed by atoms with E-state index in [0.717, 1.165) is 19.4 Å². The normalized spacial score (nSPS) is 17.0. The van der Waals surface area contributed by atoms with Crippen molar-refractivity contribution in [3.63, 3.8) is 0 Å². The zero-order valence-electron chi connectivity index (χ0n) is 18.6. The fourth-order valence-electron chi connectivity index (χ4n) is 1.60. The van der Waals surface area contributed by atoms with Gasteiger partial charge in [-0.15, -0.1) is 0 Å². The quantitative estimate of drug-likeness (QED) is 0.186. The summed E-state index contributed by atoms with van der Waals surface area (Å²) in [6.45, 7) is 5.83. The molecular weight excluding hydrogens is 430 g/mol. The average Bonchev–Trinajstić information content (AvgIpc) is 3.21. The van der Waals surface area contributed by atoms with Crippen molar-refractivity contribution in [3.05, 3.63) is 0 Å². The molecule has 0 radical (unpaired) electrons. The van der Waals surface area contributed by atoms with Crippen LogP contribution in [0.3, 0.4) is 0 Å². The van der Waals surface area contributed by atoms with Gasteiger partial charge in [-0.3, -0.25) is 24.0 Å². The molecule has 14 heteroatoms. The van der Waals surface area contributed by atoms with Gasteiger partial charge in [0.2, 0.25) is 5.91 Å². The molecule has 13 N–H and O–H groups in total. The number of carbonyl (C=O) groups is 5. The highest BCUT2D eigenvalue weighted by molar-refractivity contribution is 5.77. The maximum absolute atomic E-state index is 10.1. The number of primary amides is 1. The van der Waals surface area contributed by atoms with Crippen molar-refractivity contribution in [2.75, 3.05) is 6.54 Å². The van der Waals surface area contributed by atoms with Gasteiger partial charge in [0.05, 0.1) is 0 Å². The molecule has 1 saturated heterocycles. The van der Waals surface area contributed by atoms with Crippen LogP contribution < -0.4 is 28.3 Å². The summed E-state index contributed by atoms with van der Waals surface area (Å²) in [6.07, 6.45) is 1.91. The Bertz CT molecular complexity index is 581. The minimum Gasteiger partial charge on any atom is -0.480 e. The maximum atomic E-state index is 10.1. The van der Waals surface area contributed by atoms with Crippen LogP contribution in [-0.2, 0) is 24.0 Å². The molecule has 1 aliphatic heterocycles. The number of hydrogen-bond donors (Lipinski definition) is 9. The van der Waals surface area contributed by atoms with Crippen LogP contribution in [0, 0.1) is 5.92 Å². The zero-order valence-corrected chi connectivity index (χ0v) is 18.6. The number of nitrogens with one attached hydrogen (secondary N) is 1. The third-order valence-electron chi connectivity index (χ3n) is 3.77. The first-order chi connectivity index (χ1) is 14.5. The van der Waals surface area contributed by atoms with E-state index in [4.69, 9.17) is 43.4 Å². The number of carbonyl (C=O) groups excluding carboxylic acids is 1. The minimum atomic E-state index is -1.11. The van der Waals surface area contributed by atoms with Gasteiger partial charge in [0.1, 0.15) is 24.2 Å². The molecule has 0 bridgehead atoms. The predicted octanol–water partition coefficient (Wildman–Crippen LogP) is -2.04. The summed E-state index contributed by atoms with van der Waals surface area (Å²) >= 11 is 0. The molecule has 1 aliphatic rings. The maximum Gasteiger partial charge on any atom is 0.320 e. The lowest BCUT2D eigenvalue weighted by atomic mass is 10.1. The van der Waals surface area contributed by atoms with Crippen molar-refractivity contribution in [2.24, 2.45) is 28.9 Å². The monoisotopic (exact) mass is 467 g/mol. The summed E-state index contributed by atoms with van der Waals surface area (Å²) in [5.74, 6) is -4.23. The highest BCUT2D eigenvalue weighted by atomic mass is 16.4. The summed E-state index contributed by atoms with van der Waals surface area (Å²) in [4.78, 5) is 49.9. The number of carboxylic acids is 4. The Hall–Kier alpha value is -2.81. The van der Waals surface area contributed by atoms with Gasteiger partial charge in [-0.05, 0) is 38.6 Å².